The Balaban J connectivity index is 1.86. The molecule has 0 radical (unpaired) electrons. The molecule has 1 amide bonds. The average molecular weight is 363 g/mol. The lowest BCUT2D eigenvalue weighted by atomic mass is 9.95. The number of carbonyl (C=O) groups is 1. The Kier molecular flexibility index (Phi) is 4.11. The molecule has 0 bridgehead atoms. The van der Waals surface area contributed by atoms with Crippen LogP contribution in [0.5, 0.6) is 11.5 Å². The maximum Gasteiger partial charge on any atom is 0.272 e. The molecule has 6 heteroatoms. The highest BCUT2D eigenvalue weighted by Gasteiger charge is 2.40. The van der Waals surface area contributed by atoms with E-state index >= 15 is 0 Å². The van der Waals surface area contributed by atoms with Gasteiger partial charge in [0.2, 0.25) is 0 Å². The van der Waals surface area contributed by atoms with Crippen molar-refractivity contribution < 1.29 is 14.3 Å². The summed E-state index contributed by atoms with van der Waals surface area (Å²) < 4.78 is 10.8. The highest BCUT2D eigenvalue weighted by atomic mass is 16.5. The Labute approximate surface area is 157 Å². The van der Waals surface area contributed by atoms with Crippen LogP contribution in [0.15, 0.2) is 42.5 Å². The monoisotopic (exact) mass is 363 g/mol. The fourth-order valence-electron chi connectivity index (χ4n) is 3.61. The minimum atomic E-state index is -0.248. The molecule has 0 saturated carbocycles. The highest BCUT2D eigenvalue weighted by molar-refractivity contribution is 6.00. The molecule has 0 spiro atoms. The summed E-state index contributed by atoms with van der Waals surface area (Å²) in [5.74, 6) is 1.21. The molecule has 2 heterocycles. The molecule has 0 fully saturated rings. The van der Waals surface area contributed by atoms with Gasteiger partial charge in [-0.2, -0.15) is 5.10 Å². The Morgan fingerprint density at radius 1 is 1.04 bits per heavy atom. The average Bonchev–Trinajstić information content (AvgIpc) is 3.21. The van der Waals surface area contributed by atoms with Crippen molar-refractivity contribution in [1.82, 2.24) is 15.1 Å². The SMILES string of the molecule is COc1ccc([C@@H]2c3c(-c4ccc(C)cc4)n[nH]c3C(=O)N2C)cc1OC. The lowest BCUT2D eigenvalue weighted by Crippen LogP contribution is -2.24. The summed E-state index contributed by atoms with van der Waals surface area (Å²) in [5, 5.41) is 7.38. The van der Waals surface area contributed by atoms with E-state index in [1.165, 1.54) is 5.56 Å². The number of carbonyl (C=O) groups excluding carboxylic acids is 1. The van der Waals surface area contributed by atoms with Crippen LogP contribution in [0.1, 0.15) is 33.2 Å². The number of hydrogen-bond donors (Lipinski definition) is 1. The number of aromatic nitrogens is 2. The normalized spacial score (nSPS) is 15.8. The van der Waals surface area contributed by atoms with Gasteiger partial charge in [0.25, 0.3) is 5.91 Å². The summed E-state index contributed by atoms with van der Waals surface area (Å²) >= 11 is 0. The van der Waals surface area contributed by atoms with Gasteiger partial charge in [-0.05, 0) is 24.6 Å². The second kappa shape index (κ2) is 6.46. The van der Waals surface area contributed by atoms with E-state index < -0.39 is 0 Å². The molecular weight excluding hydrogens is 342 g/mol. The molecule has 1 atom stereocenters. The first-order chi connectivity index (χ1) is 13.0. The number of rotatable bonds is 4. The van der Waals surface area contributed by atoms with Gasteiger partial charge in [0.05, 0.1) is 26.0 Å². The van der Waals surface area contributed by atoms with E-state index in [-0.39, 0.29) is 11.9 Å². The smallest absolute Gasteiger partial charge is 0.272 e. The van der Waals surface area contributed by atoms with Crippen LogP contribution < -0.4 is 9.47 Å². The first-order valence-corrected chi connectivity index (χ1v) is 8.69. The summed E-state index contributed by atoms with van der Waals surface area (Å²) in [5.41, 5.74) is 5.31. The lowest BCUT2D eigenvalue weighted by Gasteiger charge is -2.23. The summed E-state index contributed by atoms with van der Waals surface area (Å²) in [7, 11) is 5.01. The van der Waals surface area contributed by atoms with Crippen molar-refractivity contribution in [2.45, 2.75) is 13.0 Å². The molecule has 138 valence electrons. The van der Waals surface area contributed by atoms with Crippen molar-refractivity contribution in [3.8, 4) is 22.8 Å². The number of fused-ring (bicyclic) bond motifs is 1. The number of methoxy groups -OCH3 is 2. The van der Waals surface area contributed by atoms with E-state index in [4.69, 9.17) is 9.47 Å². The minimum Gasteiger partial charge on any atom is -0.493 e. The van der Waals surface area contributed by atoms with Gasteiger partial charge in [-0.1, -0.05) is 35.9 Å². The van der Waals surface area contributed by atoms with Gasteiger partial charge < -0.3 is 14.4 Å². The van der Waals surface area contributed by atoms with Crippen LogP contribution in [0.25, 0.3) is 11.3 Å². The second-order valence-electron chi connectivity index (χ2n) is 6.66. The summed E-state index contributed by atoms with van der Waals surface area (Å²) in [4.78, 5) is 14.5. The van der Waals surface area contributed by atoms with Crippen molar-refractivity contribution in [1.29, 1.82) is 0 Å². The van der Waals surface area contributed by atoms with Crippen LogP contribution in [-0.2, 0) is 0 Å². The van der Waals surface area contributed by atoms with E-state index in [1.807, 2.05) is 49.4 Å². The predicted molar refractivity (Wildman–Crippen MR) is 102 cm³/mol. The topological polar surface area (TPSA) is 67.5 Å². The third-order valence-corrected chi connectivity index (χ3v) is 5.05. The number of aromatic amines is 1. The van der Waals surface area contributed by atoms with Crippen molar-refractivity contribution in [2.24, 2.45) is 0 Å². The van der Waals surface area contributed by atoms with Gasteiger partial charge >= 0.3 is 0 Å². The Hall–Kier alpha value is -3.28. The zero-order valence-electron chi connectivity index (χ0n) is 15.7. The maximum atomic E-state index is 12.8. The number of nitrogens with one attached hydrogen (secondary N) is 1. The van der Waals surface area contributed by atoms with Crippen LogP contribution in [0.4, 0.5) is 0 Å². The third kappa shape index (κ3) is 2.65. The van der Waals surface area contributed by atoms with E-state index in [2.05, 4.69) is 10.2 Å². The molecule has 1 aliphatic heterocycles. The molecule has 0 aliphatic carbocycles. The molecule has 1 N–H and O–H groups in total. The number of H-pyrrole nitrogens is 1. The number of benzene rings is 2. The van der Waals surface area contributed by atoms with Crippen LogP contribution >= 0.6 is 0 Å². The van der Waals surface area contributed by atoms with E-state index in [0.717, 1.165) is 22.4 Å². The number of amides is 1. The van der Waals surface area contributed by atoms with Crippen molar-refractivity contribution in [3.05, 3.63) is 64.8 Å². The van der Waals surface area contributed by atoms with Gasteiger partial charge in [-0.15, -0.1) is 0 Å². The molecule has 2 aromatic carbocycles. The fraction of sp³-hybridized carbons (Fsp3) is 0.238. The van der Waals surface area contributed by atoms with Gasteiger partial charge in [0, 0.05) is 18.2 Å². The van der Waals surface area contributed by atoms with Crippen LogP contribution in [0, 0.1) is 6.92 Å². The number of nitrogens with zero attached hydrogens (tertiary/aromatic N) is 2. The summed E-state index contributed by atoms with van der Waals surface area (Å²) in [6.07, 6.45) is 0. The molecule has 1 aromatic heterocycles. The third-order valence-electron chi connectivity index (χ3n) is 5.05. The Bertz CT molecular complexity index is 1010. The molecule has 0 unspecified atom stereocenters. The molecule has 1 aliphatic rings. The van der Waals surface area contributed by atoms with Crippen molar-refractivity contribution in [3.63, 3.8) is 0 Å². The van der Waals surface area contributed by atoms with E-state index in [1.54, 1.807) is 26.2 Å². The van der Waals surface area contributed by atoms with E-state index in [9.17, 15) is 4.79 Å². The van der Waals surface area contributed by atoms with Crippen molar-refractivity contribution in [2.75, 3.05) is 21.3 Å². The first-order valence-electron chi connectivity index (χ1n) is 8.69. The van der Waals surface area contributed by atoms with Gasteiger partial charge in [0.15, 0.2) is 11.5 Å². The standard InChI is InChI=1S/C21H21N3O3/c1-12-5-7-13(8-6-12)18-17-19(23-22-18)21(25)24(2)20(17)14-9-10-15(26-3)16(11-14)27-4/h5-11,20H,1-4H3,(H,22,23)/t20-/m1/s1. The van der Waals surface area contributed by atoms with Crippen LogP contribution in [-0.4, -0.2) is 42.3 Å². The number of aryl methyl sites for hydroxylation is 1. The quantitative estimate of drug-likeness (QED) is 0.769. The van der Waals surface area contributed by atoms with Crippen molar-refractivity contribution >= 4 is 5.91 Å². The second-order valence-corrected chi connectivity index (χ2v) is 6.66. The molecule has 0 saturated heterocycles. The number of ether oxygens (including phenoxy) is 2. The largest absolute Gasteiger partial charge is 0.493 e. The van der Waals surface area contributed by atoms with Crippen LogP contribution in [0.2, 0.25) is 0 Å². The van der Waals surface area contributed by atoms with Crippen LogP contribution in [0.3, 0.4) is 0 Å². The summed E-state index contributed by atoms with van der Waals surface area (Å²) in [6.45, 7) is 2.04. The Morgan fingerprint density at radius 2 is 1.74 bits per heavy atom. The molecule has 4 rings (SSSR count). The maximum absolute atomic E-state index is 12.8. The zero-order valence-corrected chi connectivity index (χ0v) is 15.7. The Morgan fingerprint density at radius 3 is 2.41 bits per heavy atom. The van der Waals surface area contributed by atoms with Gasteiger partial charge in [-0.25, -0.2) is 0 Å². The summed E-state index contributed by atoms with van der Waals surface area (Å²) in [6, 6.07) is 13.6. The van der Waals surface area contributed by atoms with Gasteiger partial charge in [-0.3, -0.25) is 9.89 Å². The molecule has 27 heavy (non-hydrogen) atoms. The number of hydrogen-bond acceptors (Lipinski definition) is 4. The highest BCUT2D eigenvalue weighted by Crippen LogP contribution is 2.43. The minimum absolute atomic E-state index is 0.0735. The molecular formula is C21H21N3O3. The lowest BCUT2D eigenvalue weighted by molar-refractivity contribution is 0.0787. The van der Waals surface area contributed by atoms with E-state index in [0.29, 0.717) is 17.2 Å². The predicted octanol–water partition coefficient (Wildman–Crippen LogP) is 3.58. The zero-order chi connectivity index (χ0) is 19.1. The van der Waals surface area contributed by atoms with Gasteiger partial charge in [0.1, 0.15) is 5.69 Å². The first kappa shape index (κ1) is 17.1. The fourth-order valence-corrected chi connectivity index (χ4v) is 3.61. The molecule has 6 nitrogen and oxygen atoms in total. The molecule has 3 aromatic rings.